The Morgan fingerprint density at radius 2 is 1.93 bits per heavy atom. The number of anilines is 1. The molecule has 0 saturated carbocycles. The highest BCUT2D eigenvalue weighted by Crippen LogP contribution is 2.50. The summed E-state index contributed by atoms with van der Waals surface area (Å²) >= 11 is 0. The Hall–Kier alpha value is -2.82. The molecule has 1 fully saturated rings. The number of piperidine rings is 1. The van der Waals surface area contributed by atoms with Crippen LogP contribution in [0.15, 0.2) is 48.5 Å². The summed E-state index contributed by atoms with van der Waals surface area (Å²) in [6.07, 6.45) is 0.607. The fourth-order valence-corrected chi connectivity index (χ4v) is 4.42. The van der Waals surface area contributed by atoms with Crippen molar-refractivity contribution in [2.24, 2.45) is 5.92 Å². The summed E-state index contributed by atoms with van der Waals surface area (Å²) in [6, 6.07) is 15.3. The zero-order valence-corrected chi connectivity index (χ0v) is 15.9. The normalized spacial score (nSPS) is 26.2. The number of likely N-dealkylation sites (tertiary alicyclic amines) is 1. The van der Waals surface area contributed by atoms with Gasteiger partial charge in [-0.1, -0.05) is 36.4 Å². The Balaban J connectivity index is 1.74. The van der Waals surface area contributed by atoms with Crippen molar-refractivity contribution in [2.45, 2.75) is 38.8 Å². The average Bonchev–Trinajstić information content (AvgIpc) is 2.63. The van der Waals surface area contributed by atoms with Gasteiger partial charge in [0.2, 0.25) is 11.8 Å². The average molecular weight is 364 g/mol. The SMILES string of the molecule is CCN1C(=O)C(C(=O)Nc2ccccc2C)C2CC1(C)Oc1ccccc12. The first-order chi connectivity index (χ1) is 12.9. The van der Waals surface area contributed by atoms with Crippen molar-refractivity contribution >= 4 is 17.5 Å². The number of nitrogens with zero attached hydrogens (tertiary/aromatic N) is 1. The van der Waals surface area contributed by atoms with Crippen molar-refractivity contribution in [1.82, 2.24) is 4.90 Å². The zero-order valence-electron chi connectivity index (χ0n) is 15.9. The van der Waals surface area contributed by atoms with Gasteiger partial charge in [0.25, 0.3) is 0 Å². The quantitative estimate of drug-likeness (QED) is 0.845. The summed E-state index contributed by atoms with van der Waals surface area (Å²) in [5.41, 5.74) is 1.93. The van der Waals surface area contributed by atoms with Gasteiger partial charge in [0, 0.05) is 24.6 Å². The van der Waals surface area contributed by atoms with Crippen LogP contribution >= 0.6 is 0 Å². The molecule has 2 aliphatic heterocycles. The monoisotopic (exact) mass is 364 g/mol. The van der Waals surface area contributed by atoms with Gasteiger partial charge in [-0.3, -0.25) is 9.59 Å². The van der Waals surface area contributed by atoms with Crippen molar-refractivity contribution in [2.75, 3.05) is 11.9 Å². The van der Waals surface area contributed by atoms with E-state index in [4.69, 9.17) is 4.74 Å². The molecular formula is C22H24N2O3. The molecule has 2 aromatic rings. The molecule has 5 heteroatoms. The lowest BCUT2D eigenvalue weighted by Crippen LogP contribution is -2.64. The number of carbonyl (C=O) groups excluding carboxylic acids is 2. The molecule has 2 aromatic carbocycles. The Morgan fingerprint density at radius 1 is 1.22 bits per heavy atom. The smallest absolute Gasteiger partial charge is 0.238 e. The maximum atomic E-state index is 13.3. The van der Waals surface area contributed by atoms with Crippen LogP contribution < -0.4 is 10.1 Å². The molecule has 1 N–H and O–H groups in total. The van der Waals surface area contributed by atoms with Crippen LogP contribution in [-0.2, 0) is 9.59 Å². The number of hydrogen-bond acceptors (Lipinski definition) is 3. The molecule has 3 unspecified atom stereocenters. The lowest BCUT2D eigenvalue weighted by atomic mass is 9.73. The van der Waals surface area contributed by atoms with Gasteiger partial charge in [0.15, 0.2) is 5.72 Å². The molecule has 4 rings (SSSR count). The van der Waals surface area contributed by atoms with Gasteiger partial charge in [-0.05, 0) is 44.0 Å². The maximum Gasteiger partial charge on any atom is 0.238 e. The van der Waals surface area contributed by atoms with Crippen LogP contribution in [0.5, 0.6) is 5.75 Å². The van der Waals surface area contributed by atoms with E-state index in [-0.39, 0.29) is 17.7 Å². The van der Waals surface area contributed by atoms with E-state index in [9.17, 15) is 9.59 Å². The predicted octanol–water partition coefficient (Wildman–Crippen LogP) is 3.69. The molecule has 0 spiro atoms. The Labute approximate surface area is 159 Å². The van der Waals surface area contributed by atoms with E-state index >= 15 is 0 Å². The van der Waals surface area contributed by atoms with Crippen LogP contribution in [0, 0.1) is 12.8 Å². The molecule has 0 aromatic heterocycles. The van der Waals surface area contributed by atoms with Gasteiger partial charge in [-0.2, -0.15) is 0 Å². The Kier molecular flexibility index (Phi) is 4.17. The second-order valence-electron chi connectivity index (χ2n) is 7.49. The number of rotatable bonds is 3. The minimum atomic E-state index is -0.761. The fourth-order valence-electron chi connectivity index (χ4n) is 4.42. The molecule has 2 aliphatic rings. The van der Waals surface area contributed by atoms with Crippen LogP contribution in [0.2, 0.25) is 0 Å². The summed E-state index contributed by atoms with van der Waals surface area (Å²) < 4.78 is 6.20. The number of nitrogens with one attached hydrogen (secondary N) is 1. The maximum absolute atomic E-state index is 13.3. The van der Waals surface area contributed by atoms with Crippen molar-refractivity contribution in [3.8, 4) is 5.75 Å². The first-order valence-corrected chi connectivity index (χ1v) is 9.40. The van der Waals surface area contributed by atoms with Crippen LogP contribution in [0.3, 0.4) is 0 Å². The molecular weight excluding hydrogens is 340 g/mol. The Morgan fingerprint density at radius 3 is 2.67 bits per heavy atom. The third kappa shape index (κ3) is 2.78. The van der Waals surface area contributed by atoms with Gasteiger partial charge in [0.05, 0.1) is 0 Å². The van der Waals surface area contributed by atoms with Crippen molar-refractivity contribution in [1.29, 1.82) is 0 Å². The fraction of sp³-hybridized carbons (Fsp3) is 0.364. The molecule has 0 aliphatic carbocycles. The van der Waals surface area contributed by atoms with Crippen LogP contribution in [-0.4, -0.2) is 29.0 Å². The highest BCUT2D eigenvalue weighted by Gasteiger charge is 2.55. The van der Waals surface area contributed by atoms with E-state index in [0.29, 0.717) is 13.0 Å². The van der Waals surface area contributed by atoms with E-state index in [1.165, 1.54) is 0 Å². The summed E-state index contributed by atoms with van der Waals surface area (Å²) in [6.45, 7) is 6.30. The van der Waals surface area contributed by atoms with Crippen molar-refractivity contribution in [3.05, 3.63) is 59.7 Å². The lowest BCUT2D eigenvalue weighted by molar-refractivity contribution is -0.174. The summed E-state index contributed by atoms with van der Waals surface area (Å²) in [5, 5.41) is 2.97. The third-order valence-electron chi connectivity index (χ3n) is 5.75. The van der Waals surface area contributed by atoms with E-state index in [1.807, 2.05) is 69.3 Å². The summed E-state index contributed by atoms with van der Waals surface area (Å²) in [4.78, 5) is 28.2. The number of carbonyl (C=O) groups is 2. The minimum absolute atomic E-state index is 0.170. The molecule has 5 nitrogen and oxygen atoms in total. The van der Waals surface area contributed by atoms with E-state index < -0.39 is 11.6 Å². The highest BCUT2D eigenvalue weighted by atomic mass is 16.5. The molecule has 2 amide bonds. The number of aryl methyl sites for hydroxylation is 1. The topological polar surface area (TPSA) is 58.6 Å². The zero-order chi connectivity index (χ0) is 19.2. The van der Waals surface area contributed by atoms with Crippen molar-refractivity contribution < 1.29 is 14.3 Å². The molecule has 27 heavy (non-hydrogen) atoms. The number of para-hydroxylation sites is 2. The molecule has 2 bridgehead atoms. The third-order valence-corrected chi connectivity index (χ3v) is 5.75. The standard InChI is InChI=1S/C22H24N2O3/c1-4-24-21(26)19(20(25)23-17-11-7-5-9-14(17)2)16-13-22(24,3)27-18-12-8-6-10-15(16)18/h5-12,16,19H,4,13H2,1-3H3,(H,23,25). The second-order valence-corrected chi connectivity index (χ2v) is 7.49. The first-order valence-electron chi connectivity index (χ1n) is 9.40. The number of hydrogen-bond donors (Lipinski definition) is 1. The lowest BCUT2D eigenvalue weighted by Gasteiger charge is -2.52. The molecule has 2 heterocycles. The van der Waals surface area contributed by atoms with Crippen LogP contribution in [0.25, 0.3) is 0 Å². The van der Waals surface area contributed by atoms with Gasteiger partial charge in [0.1, 0.15) is 11.7 Å². The minimum Gasteiger partial charge on any atom is -0.468 e. The highest BCUT2D eigenvalue weighted by molar-refractivity contribution is 6.08. The second kappa shape index (κ2) is 6.41. The Bertz CT molecular complexity index is 910. The van der Waals surface area contributed by atoms with Gasteiger partial charge < -0.3 is 15.0 Å². The summed E-state index contributed by atoms with van der Waals surface area (Å²) in [7, 11) is 0. The molecule has 3 atom stereocenters. The van der Waals surface area contributed by atoms with Crippen molar-refractivity contribution in [3.63, 3.8) is 0 Å². The summed E-state index contributed by atoms with van der Waals surface area (Å²) in [5.74, 6) is -0.619. The van der Waals surface area contributed by atoms with Gasteiger partial charge in [-0.15, -0.1) is 0 Å². The number of amides is 2. The first kappa shape index (κ1) is 17.6. The molecule has 1 saturated heterocycles. The number of benzene rings is 2. The van der Waals surface area contributed by atoms with Gasteiger partial charge in [-0.25, -0.2) is 0 Å². The van der Waals surface area contributed by atoms with Crippen LogP contribution in [0.4, 0.5) is 5.69 Å². The predicted molar refractivity (Wildman–Crippen MR) is 104 cm³/mol. The van der Waals surface area contributed by atoms with Crippen LogP contribution in [0.1, 0.15) is 37.3 Å². The number of ether oxygens (including phenoxy) is 1. The van der Waals surface area contributed by atoms with E-state index in [2.05, 4.69) is 5.32 Å². The number of fused-ring (bicyclic) bond motifs is 4. The molecule has 0 radical (unpaired) electrons. The van der Waals surface area contributed by atoms with E-state index in [0.717, 1.165) is 22.6 Å². The van der Waals surface area contributed by atoms with E-state index in [1.54, 1.807) is 4.90 Å². The molecule has 140 valence electrons. The van der Waals surface area contributed by atoms with Gasteiger partial charge >= 0.3 is 0 Å². The largest absolute Gasteiger partial charge is 0.468 e.